The first-order valence-electron chi connectivity index (χ1n) is 8.15. The van der Waals surface area contributed by atoms with E-state index in [2.05, 4.69) is 40.2 Å². The van der Waals surface area contributed by atoms with E-state index in [9.17, 15) is 4.79 Å². The first-order chi connectivity index (χ1) is 10.7. The van der Waals surface area contributed by atoms with E-state index in [1.807, 2.05) is 40.0 Å². The summed E-state index contributed by atoms with van der Waals surface area (Å²) in [7, 11) is 0. The summed E-state index contributed by atoms with van der Waals surface area (Å²) >= 11 is 2.25. The van der Waals surface area contributed by atoms with E-state index in [0.29, 0.717) is 12.3 Å². The van der Waals surface area contributed by atoms with Crippen molar-refractivity contribution < 1.29 is 9.53 Å². The minimum absolute atomic E-state index is 0.137. The first kappa shape index (κ1) is 20.1. The Balaban J connectivity index is 2.52. The lowest BCUT2D eigenvalue weighted by atomic mass is 9.96. The van der Waals surface area contributed by atoms with Gasteiger partial charge in [-0.3, -0.25) is 9.79 Å². The van der Waals surface area contributed by atoms with Crippen LogP contribution in [0, 0.1) is 5.92 Å². The Morgan fingerprint density at radius 1 is 1.48 bits per heavy atom. The zero-order chi connectivity index (χ0) is 17.5. The topological polar surface area (TPSA) is 38.7 Å². The molecule has 1 unspecified atom stereocenters. The van der Waals surface area contributed by atoms with Gasteiger partial charge in [0.25, 0.3) is 0 Å². The molecule has 0 aromatic carbocycles. The van der Waals surface area contributed by atoms with Crippen molar-refractivity contribution in [2.45, 2.75) is 65.4 Å². The van der Waals surface area contributed by atoms with Crippen LogP contribution in [0.4, 0.5) is 0 Å². The van der Waals surface area contributed by atoms with Gasteiger partial charge in [-0.05, 0) is 76.0 Å². The number of allylic oxidation sites excluding steroid dienone is 4. The lowest BCUT2D eigenvalue weighted by molar-refractivity contribution is -0.153. The van der Waals surface area contributed by atoms with Gasteiger partial charge in [0, 0.05) is 21.4 Å². The summed E-state index contributed by atoms with van der Waals surface area (Å²) in [6.45, 7) is 11.8. The highest BCUT2D eigenvalue weighted by Gasteiger charge is 2.20. The molecule has 128 valence electrons. The minimum atomic E-state index is -0.419. The number of aliphatic imine (C=N–C) groups is 1. The van der Waals surface area contributed by atoms with Gasteiger partial charge in [-0.25, -0.2) is 0 Å². The third-order valence-electron chi connectivity index (χ3n) is 3.65. The van der Waals surface area contributed by atoms with E-state index in [4.69, 9.17) is 4.74 Å². The van der Waals surface area contributed by atoms with E-state index < -0.39 is 5.60 Å². The smallest absolute Gasteiger partial charge is 0.310 e. The molecule has 1 aliphatic rings. The van der Waals surface area contributed by atoms with E-state index in [1.54, 1.807) is 0 Å². The minimum Gasteiger partial charge on any atom is -0.460 e. The lowest BCUT2D eigenvalue weighted by Gasteiger charge is -2.20. The van der Waals surface area contributed by atoms with Gasteiger partial charge in [-0.15, -0.1) is 0 Å². The van der Waals surface area contributed by atoms with Crippen molar-refractivity contribution >= 4 is 34.8 Å². The fraction of sp³-hybridized carbons (Fsp3) is 0.579. The summed E-state index contributed by atoms with van der Waals surface area (Å²) in [5.41, 5.74) is 1.70. The molecule has 3 nitrogen and oxygen atoms in total. The molecule has 1 aliphatic carbocycles. The van der Waals surface area contributed by atoms with Crippen LogP contribution in [0.25, 0.3) is 0 Å². The molecule has 0 radical (unpaired) electrons. The van der Waals surface area contributed by atoms with E-state index in [-0.39, 0.29) is 5.97 Å². The first-order valence-corrected chi connectivity index (χ1v) is 9.23. The van der Waals surface area contributed by atoms with Crippen molar-refractivity contribution in [2.24, 2.45) is 10.9 Å². The highest BCUT2D eigenvalue weighted by molar-refractivity contribution is 14.1. The van der Waals surface area contributed by atoms with Crippen molar-refractivity contribution in [1.29, 1.82) is 0 Å². The number of hydrogen-bond acceptors (Lipinski definition) is 3. The van der Waals surface area contributed by atoms with Gasteiger partial charge in [-0.2, -0.15) is 0 Å². The fourth-order valence-electron chi connectivity index (χ4n) is 2.48. The number of nitrogens with zero attached hydrogens (tertiary/aromatic N) is 1. The normalized spacial score (nSPS) is 20.1. The summed E-state index contributed by atoms with van der Waals surface area (Å²) in [4.78, 5) is 16.4. The number of esters is 1. The van der Waals surface area contributed by atoms with E-state index in [0.717, 1.165) is 35.0 Å². The van der Waals surface area contributed by atoms with Gasteiger partial charge in [-0.1, -0.05) is 24.3 Å². The molecule has 0 saturated carbocycles. The van der Waals surface area contributed by atoms with Crippen LogP contribution < -0.4 is 0 Å². The molecule has 0 spiro atoms. The van der Waals surface area contributed by atoms with Gasteiger partial charge in [0.1, 0.15) is 5.60 Å². The molecular formula is C19H28INO2. The number of hydrogen-bond donors (Lipinski definition) is 0. The molecule has 0 saturated heterocycles. The second-order valence-electron chi connectivity index (χ2n) is 6.86. The Bertz CT molecular complexity index is 524. The summed E-state index contributed by atoms with van der Waals surface area (Å²) < 4.78 is 6.52. The SMILES string of the molecule is C=C(/N=C\C(I)=C/C)C1CCC=C(CC(=O)OC(C)(C)C)CC1. The molecular weight excluding hydrogens is 401 g/mol. The molecule has 0 N–H and O–H groups in total. The second-order valence-corrected chi connectivity index (χ2v) is 8.11. The van der Waals surface area contributed by atoms with Crippen LogP contribution >= 0.6 is 22.6 Å². The fourth-order valence-corrected chi connectivity index (χ4v) is 2.62. The highest BCUT2D eigenvalue weighted by Crippen LogP contribution is 2.30. The van der Waals surface area contributed by atoms with Crippen molar-refractivity contribution in [3.8, 4) is 0 Å². The average Bonchev–Trinajstić information content (AvgIpc) is 2.67. The molecule has 23 heavy (non-hydrogen) atoms. The zero-order valence-corrected chi connectivity index (χ0v) is 16.9. The summed E-state index contributed by atoms with van der Waals surface area (Å²) in [5.74, 6) is 0.251. The Morgan fingerprint density at radius 2 is 2.17 bits per heavy atom. The van der Waals surface area contributed by atoms with Crippen LogP contribution in [0.5, 0.6) is 0 Å². The van der Waals surface area contributed by atoms with Gasteiger partial charge in [0.05, 0.1) is 6.42 Å². The van der Waals surface area contributed by atoms with Crippen LogP contribution in [-0.4, -0.2) is 17.8 Å². The maximum absolute atomic E-state index is 12.0. The summed E-state index contributed by atoms with van der Waals surface area (Å²) in [5, 5.41) is 0. The monoisotopic (exact) mass is 429 g/mol. The highest BCUT2D eigenvalue weighted by atomic mass is 127. The largest absolute Gasteiger partial charge is 0.460 e. The quantitative estimate of drug-likeness (QED) is 0.241. The third kappa shape index (κ3) is 8.49. The van der Waals surface area contributed by atoms with Gasteiger partial charge >= 0.3 is 5.97 Å². The molecule has 0 aromatic heterocycles. The number of carbonyl (C=O) groups excluding carboxylic acids is 1. The molecule has 1 atom stereocenters. The van der Waals surface area contributed by atoms with Gasteiger partial charge in [0.2, 0.25) is 0 Å². The van der Waals surface area contributed by atoms with Crippen LogP contribution in [0.3, 0.4) is 0 Å². The predicted octanol–water partition coefficient (Wildman–Crippen LogP) is 5.76. The lowest BCUT2D eigenvalue weighted by Crippen LogP contribution is -2.24. The van der Waals surface area contributed by atoms with E-state index >= 15 is 0 Å². The number of carbonyl (C=O) groups is 1. The Labute approximate surface area is 154 Å². The number of rotatable bonds is 5. The van der Waals surface area contributed by atoms with Crippen LogP contribution in [0.15, 0.2) is 38.6 Å². The number of ether oxygens (including phenoxy) is 1. The molecule has 0 heterocycles. The molecule has 1 rings (SSSR count). The predicted molar refractivity (Wildman–Crippen MR) is 106 cm³/mol. The Morgan fingerprint density at radius 3 is 2.78 bits per heavy atom. The average molecular weight is 429 g/mol. The third-order valence-corrected chi connectivity index (χ3v) is 4.56. The Hall–Kier alpha value is -0.910. The molecule has 4 heteroatoms. The summed E-state index contributed by atoms with van der Waals surface area (Å²) in [6, 6.07) is 0. The van der Waals surface area contributed by atoms with Crippen molar-refractivity contribution in [3.05, 3.63) is 33.6 Å². The maximum Gasteiger partial charge on any atom is 0.310 e. The van der Waals surface area contributed by atoms with Crippen molar-refractivity contribution in [2.75, 3.05) is 0 Å². The van der Waals surface area contributed by atoms with E-state index in [1.165, 1.54) is 5.57 Å². The zero-order valence-electron chi connectivity index (χ0n) is 14.7. The number of halogens is 1. The molecule has 0 fully saturated rings. The van der Waals surface area contributed by atoms with Crippen molar-refractivity contribution in [1.82, 2.24) is 0 Å². The second kappa shape index (κ2) is 9.40. The van der Waals surface area contributed by atoms with Crippen LogP contribution in [-0.2, 0) is 9.53 Å². The Kier molecular flexibility index (Phi) is 8.23. The van der Waals surface area contributed by atoms with Crippen molar-refractivity contribution in [3.63, 3.8) is 0 Å². The molecule has 0 amide bonds. The molecule has 0 aromatic rings. The summed E-state index contributed by atoms with van der Waals surface area (Å²) in [6.07, 6.45) is 10.4. The maximum atomic E-state index is 12.0. The van der Waals surface area contributed by atoms with Gasteiger partial charge in [0.15, 0.2) is 0 Å². The standard InChI is InChI=1S/C19H28INO2/c1-6-17(20)13-21-14(2)16-9-7-8-15(10-11-16)12-18(22)23-19(3,4)5/h6,8,13,16H,2,7,9-12H2,1,3-5H3/b17-6+,21-13-. The molecule has 0 bridgehead atoms. The van der Waals surface area contributed by atoms with Crippen LogP contribution in [0.1, 0.15) is 59.8 Å². The molecule has 0 aliphatic heterocycles. The van der Waals surface area contributed by atoms with Crippen LogP contribution in [0.2, 0.25) is 0 Å². The van der Waals surface area contributed by atoms with Gasteiger partial charge < -0.3 is 4.74 Å².